The van der Waals surface area contributed by atoms with Crippen molar-refractivity contribution in [2.75, 3.05) is 7.05 Å². The van der Waals surface area contributed by atoms with Gasteiger partial charge in [-0.1, -0.05) is 6.07 Å². The van der Waals surface area contributed by atoms with Gasteiger partial charge in [-0.15, -0.1) is 10.2 Å². The Morgan fingerprint density at radius 1 is 1.19 bits per heavy atom. The second-order valence-corrected chi connectivity index (χ2v) is 6.12. The molecule has 0 radical (unpaired) electrons. The van der Waals surface area contributed by atoms with E-state index in [-0.39, 0.29) is 5.82 Å². The highest BCUT2D eigenvalue weighted by Gasteiger charge is 2.12. The number of benzene rings is 1. The minimum absolute atomic E-state index is 0.274. The zero-order valence-corrected chi connectivity index (χ0v) is 15.0. The number of hydrogen-bond acceptors (Lipinski definition) is 4. The van der Waals surface area contributed by atoms with E-state index in [0.717, 1.165) is 28.2 Å². The maximum atomic E-state index is 13.4. The van der Waals surface area contributed by atoms with Crippen LogP contribution in [0.2, 0.25) is 0 Å². The summed E-state index contributed by atoms with van der Waals surface area (Å²) in [5.74, 6) is 1.85. The van der Waals surface area contributed by atoms with Crippen molar-refractivity contribution in [3.8, 4) is 0 Å². The van der Waals surface area contributed by atoms with E-state index >= 15 is 0 Å². The lowest BCUT2D eigenvalue weighted by atomic mass is 10.1. The summed E-state index contributed by atoms with van der Waals surface area (Å²) in [5, 5.41) is 15.5. The van der Waals surface area contributed by atoms with Crippen LogP contribution in [0.4, 0.5) is 4.39 Å². The Hall–Kier alpha value is -3.42. The number of halogens is 1. The maximum Gasteiger partial charge on any atom is 0.191 e. The fourth-order valence-electron chi connectivity index (χ4n) is 2.97. The van der Waals surface area contributed by atoms with Gasteiger partial charge in [0, 0.05) is 24.2 Å². The van der Waals surface area contributed by atoms with E-state index in [9.17, 15) is 4.39 Å². The van der Waals surface area contributed by atoms with Crippen molar-refractivity contribution in [2.24, 2.45) is 4.99 Å². The number of guanidine groups is 1. The lowest BCUT2D eigenvalue weighted by Gasteiger charge is -2.10. The van der Waals surface area contributed by atoms with Gasteiger partial charge in [0.05, 0.1) is 13.1 Å². The van der Waals surface area contributed by atoms with E-state index in [1.54, 1.807) is 13.1 Å². The standard InChI is InChI=1S/C19H19FN6O/c1-12-14-9-13(20)6-7-15(14)27-16(12)10-22-19(21-2)23-11-18-25-24-17-5-3-4-8-26(17)18/h3-9H,10-11H2,1-2H3,(H2,21,22,23). The van der Waals surface area contributed by atoms with Crippen LogP contribution in [0.25, 0.3) is 16.6 Å². The van der Waals surface area contributed by atoms with E-state index < -0.39 is 0 Å². The third-order valence-corrected chi connectivity index (χ3v) is 4.44. The van der Waals surface area contributed by atoms with Crippen molar-refractivity contribution in [3.63, 3.8) is 0 Å². The molecule has 0 aliphatic heterocycles. The number of aryl methyl sites for hydroxylation is 1. The van der Waals surface area contributed by atoms with E-state index in [1.165, 1.54) is 12.1 Å². The molecule has 0 aliphatic carbocycles. The zero-order chi connectivity index (χ0) is 18.8. The number of furan rings is 1. The molecular weight excluding hydrogens is 347 g/mol. The zero-order valence-electron chi connectivity index (χ0n) is 15.0. The molecule has 27 heavy (non-hydrogen) atoms. The van der Waals surface area contributed by atoms with Gasteiger partial charge >= 0.3 is 0 Å². The SMILES string of the molecule is CN=C(NCc1oc2ccc(F)cc2c1C)NCc1nnc2ccccn12. The lowest BCUT2D eigenvalue weighted by molar-refractivity contribution is 0.533. The highest BCUT2D eigenvalue weighted by Crippen LogP contribution is 2.25. The molecule has 0 fully saturated rings. The largest absolute Gasteiger partial charge is 0.459 e. The van der Waals surface area contributed by atoms with E-state index in [0.29, 0.717) is 24.6 Å². The number of rotatable bonds is 4. The maximum absolute atomic E-state index is 13.4. The molecular formula is C19H19FN6O. The van der Waals surface area contributed by atoms with Gasteiger partial charge in [0.25, 0.3) is 0 Å². The molecule has 3 heterocycles. The Balaban J connectivity index is 1.43. The summed E-state index contributed by atoms with van der Waals surface area (Å²) in [7, 11) is 1.69. The average Bonchev–Trinajstić information content (AvgIpc) is 3.23. The minimum Gasteiger partial charge on any atom is -0.459 e. The Morgan fingerprint density at radius 2 is 2.04 bits per heavy atom. The number of hydrogen-bond donors (Lipinski definition) is 2. The predicted octanol–water partition coefficient (Wildman–Crippen LogP) is 2.79. The van der Waals surface area contributed by atoms with Gasteiger partial charge in [0.2, 0.25) is 0 Å². The summed E-state index contributed by atoms with van der Waals surface area (Å²) < 4.78 is 21.2. The van der Waals surface area contributed by atoms with Gasteiger partial charge in [-0.25, -0.2) is 4.39 Å². The van der Waals surface area contributed by atoms with Crippen molar-refractivity contribution < 1.29 is 8.81 Å². The first-order chi connectivity index (χ1) is 13.2. The normalized spacial score (nSPS) is 12.0. The lowest BCUT2D eigenvalue weighted by Crippen LogP contribution is -2.36. The molecule has 0 unspecified atom stereocenters. The van der Waals surface area contributed by atoms with Crippen LogP contribution in [0.15, 0.2) is 52.0 Å². The molecule has 0 aliphatic rings. The van der Waals surface area contributed by atoms with Crippen LogP contribution in [0.1, 0.15) is 17.1 Å². The Bertz CT molecular complexity index is 1130. The van der Waals surface area contributed by atoms with Crippen LogP contribution in [-0.4, -0.2) is 27.6 Å². The highest BCUT2D eigenvalue weighted by molar-refractivity contribution is 5.83. The van der Waals surface area contributed by atoms with Crippen LogP contribution in [-0.2, 0) is 13.1 Å². The molecule has 0 saturated carbocycles. The summed E-state index contributed by atoms with van der Waals surface area (Å²) in [6.45, 7) is 2.82. The molecule has 4 aromatic rings. The second kappa shape index (κ2) is 7.06. The third-order valence-electron chi connectivity index (χ3n) is 4.44. The van der Waals surface area contributed by atoms with Crippen LogP contribution >= 0.6 is 0 Å². The van der Waals surface area contributed by atoms with Crippen molar-refractivity contribution in [3.05, 3.63) is 65.6 Å². The second-order valence-electron chi connectivity index (χ2n) is 6.12. The topological polar surface area (TPSA) is 79.8 Å². The van der Waals surface area contributed by atoms with Crippen molar-refractivity contribution in [1.29, 1.82) is 0 Å². The number of nitrogens with one attached hydrogen (secondary N) is 2. The summed E-state index contributed by atoms with van der Waals surface area (Å²) in [6, 6.07) is 10.3. The molecule has 0 spiro atoms. The van der Waals surface area contributed by atoms with Crippen molar-refractivity contribution in [2.45, 2.75) is 20.0 Å². The monoisotopic (exact) mass is 366 g/mol. The summed E-state index contributed by atoms with van der Waals surface area (Å²) in [5.41, 5.74) is 2.38. The van der Waals surface area contributed by atoms with Crippen molar-refractivity contribution >= 4 is 22.6 Å². The number of aliphatic imine (C=N–C) groups is 1. The fraction of sp³-hybridized carbons (Fsp3) is 0.211. The minimum atomic E-state index is -0.274. The van der Waals surface area contributed by atoms with E-state index in [4.69, 9.17) is 4.42 Å². The molecule has 0 amide bonds. The predicted molar refractivity (Wildman–Crippen MR) is 101 cm³/mol. The van der Waals surface area contributed by atoms with E-state index in [1.807, 2.05) is 35.7 Å². The van der Waals surface area contributed by atoms with Crippen LogP contribution < -0.4 is 10.6 Å². The third kappa shape index (κ3) is 3.33. The van der Waals surface area contributed by atoms with E-state index in [2.05, 4.69) is 25.8 Å². The van der Waals surface area contributed by atoms with Gasteiger partial charge in [0.1, 0.15) is 17.2 Å². The molecule has 7 nitrogen and oxygen atoms in total. The van der Waals surface area contributed by atoms with Crippen molar-refractivity contribution in [1.82, 2.24) is 25.2 Å². The number of aromatic nitrogens is 3. The molecule has 0 atom stereocenters. The van der Waals surface area contributed by atoms with Gasteiger partial charge in [-0.05, 0) is 37.3 Å². The van der Waals surface area contributed by atoms with Gasteiger partial charge in [0.15, 0.2) is 17.4 Å². The van der Waals surface area contributed by atoms with Gasteiger partial charge < -0.3 is 15.1 Å². The summed E-state index contributed by atoms with van der Waals surface area (Å²) >= 11 is 0. The molecule has 0 saturated heterocycles. The summed E-state index contributed by atoms with van der Waals surface area (Å²) in [6.07, 6.45) is 1.92. The van der Waals surface area contributed by atoms with Gasteiger partial charge in [-0.3, -0.25) is 9.39 Å². The average molecular weight is 366 g/mol. The van der Waals surface area contributed by atoms with Crippen LogP contribution in [0.3, 0.4) is 0 Å². The Labute approximate surface area is 154 Å². The quantitative estimate of drug-likeness (QED) is 0.429. The van der Waals surface area contributed by atoms with Crippen LogP contribution in [0.5, 0.6) is 0 Å². The van der Waals surface area contributed by atoms with Gasteiger partial charge in [-0.2, -0.15) is 0 Å². The Kier molecular flexibility index (Phi) is 4.45. The molecule has 138 valence electrons. The number of pyridine rings is 1. The molecule has 2 N–H and O–H groups in total. The van der Waals surface area contributed by atoms with Crippen LogP contribution in [0, 0.1) is 12.7 Å². The highest BCUT2D eigenvalue weighted by atomic mass is 19.1. The first kappa shape index (κ1) is 17.0. The Morgan fingerprint density at radius 3 is 2.89 bits per heavy atom. The fourth-order valence-corrected chi connectivity index (χ4v) is 2.97. The number of nitrogens with zero attached hydrogens (tertiary/aromatic N) is 4. The molecule has 0 bridgehead atoms. The molecule has 3 aromatic heterocycles. The molecule has 8 heteroatoms. The first-order valence-corrected chi connectivity index (χ1v) is 8.56. The molecule has 4 rings (SSSR count). The smallest absolute Gasteiger partial charge is 0.191 e. The summed E-state index contributed by atoms with van der Waals surface area (Å²) in [4.78, 5) is 4.22. The molecule has 1 aromatic carbocycles. The number of fused-ring (bicyclic) bond motifs is 2. The first-order valence-electron chi connectivity index (χ1n) is 8.56.